The minimum atomic E-state index is -1.29. The number of carbonyl (C=O) groups is 12. The highest BCUT2D eigenvalue weighted by molar-refractivity contribution is 6.32. The summed E-state index contributed by atoms with van der Waals surface area (Å²) in [5.74, 6) is -7.74. The SMILES string of the molecule is COCCOCCOCCOCCC(=O)N(CCC(=O)N[C@H](C(=O)N[C@@H](C)C(=O)Nc1ccc(COC(=O)NCc2ccc([C@H]3O[C@@H]3[C@@H](C)[C@@H]3C/C=C\C(=O)N[C@H](Cc4ccc(OC)c(Cl)c4)C(=O)NCC(C)(C)C(=O)O[C@@H](CC(C)C)C(=O)O3)cc2)cc1)C(C)C)CCC(=O)ON1C(=O)CCC1=O. The third-order valence-electron chi connectivity index (χ3n) is 17.0. The summed E-state index contributed by atoms with van der Waals surface area (Å²) in [6.45, 7) is 15.1. The van der Waals surface area contributed by atoms with Crippen molar-refractivity contribution in [1.82, 2.24) is 36.5 Å². The Morgan fingerprint density at radius 1 is 0.740 bits per heavy atom. The molecule has 6 rings (SSSR count). The van der Waals surface area contributed by atoms with E-state index in [9.17, 15) is 57.5 Å². The van der Waals surface area contributed by atoms with Crippen LogP contribution in [0.5, 0.6) is 5.75 Å². The van der Waals surface area contributed by atoms with Crippen LogP contribution in [0.4, 0.5) is 10.5 Å². The van der Waals surface area contributed by atoms with Crippen molar-refractivity contribution in [2.75, 3.05) is 85.4 Å². The van der Waals surface area contributed by atoms with Gasteiger partial charge in [0.25, 0.3) is 11.8 Å². The topological polar surface area (TPSA) is 379 Å². The molecule has 3 aromatic carbocycles. The van der Waals surface area contributed by atoms with Crippen molar-refractivity contribution >= 4 is 88.5 Å². The Labute approximate surface area is 610 Å². The number of imide groups is 1. The normalized spacial score (nSPS) is 19.7. The van der Waals surface area contributed by atoms with Gasteiger partial charge in [0.15, 0.2) is 6.10 Å². The Morgan fingerprint density at radius 3 is 2.01 bits per heavy atom. The molecule has 0 spiro atoms. The van der Waals surface area contributed by atoms with E-state index in [1.807, 2.05) is 45.0 Å². The van der Waals surface area contributed by atoms with E-state index in [0.717, 1.165) is 11.1 Å². The highest BCUT2D eigenvalue weighted by atomic mass is 35.5. The number of epoxide rings is 1. The monoisotopic (exact) mass is 1470 g/mol. The Hall–Kier alpha value is -9.07. The first kappa shape index (κ1) is 83.9. The summed E-state index contributed by atoms with van der Waals surface area (Å²) >= 11 is 6.39. The maximum atomic E-state index is 14.0. The van der Waals surface area contributed by atoms with E-state index in [2.05, 4.69) is 31.9 Å². The largest absolute Gasteiger partial charge is 0.495 e. The van der Waals surface area contributed by atoms with Crippen LogP contribution >= 0.6 is 11.6 Å². The summed E-state index contributed by atoms with van der Waals surface area (Å²) in [6, 6.07) is 15.6. The van der Waals surface area contributed by atoms with Crippen molar-refractivity contribution in [3.8, 4) is 5.75 Å². The molecule has 2 fully saturated rings. The number of benzene rings is 3. The third kappa shape index (κ3) is 27.8. The molecule has 0 aromatic heterocycles. The molecular formula is C73H99ClN8O22. The lowest BCUT2D eigenvalue weighted by atomic mass is 9.92. The molecule has 6 N–H and O–H groups in total. The second-order valence-corrected chi connectivity index (χ2v) is 27.1. The number of cyclic esters (lactones) is 2. The van der Waals surface area contributed by atoms with Gasteiger partial charge < -0.3 is 84.3 Å². The van der Waals surface area contributed by atoms with Crippen molar-refractivity contribution in [2.24, 2.45) is 23.2 Å². The van der Waals surface area contributed by atoms with Gasteiger partial charge in [-0.1, -0.05) is 94.8 Å². The smallest absolute Gasteiger partial charge is 0.407 e. The molecule has 0 radical (unpaired) electrons. The lowest BCUT2D eigenvalue weighted by Crippen LogP contribution is -2.54. The molecule has 3 aliphatic rings. The molecular weight excluding hydrogens is 1380 g/mol. The molecule has 2 saturated heterocycles. The van der Waals surface area contributed by atoms with E-state index >= 15 is 0 Å². The molecule has 30 nitrogen and oxygen atoms in total. The van der Waals surface area contributed by atoms with E-state index in [-0.39, 0.29) is 103 Å². The van der Waals surface area contributed by atoms with Crippen LogP contribution in [0.2, 0.25) is 5.02 Å². The molecule has 9 amide bonds. The number of hydrogen-bond acceptors (Lipinski definition) is 22. The van der Waals surface area contributed by atoms with Crippen LogP contribution in [0.15, 0.2) is 78.9 Å². The fraction of sp³-hybridized carbons (Fsp3) is 0.562. The summed E-state index contributed by atoms with van der Waals surface area (Å²) in [6.07, 6.45) is -1.53. The van der Waals surface area contributed by atoms with Gasteiger partial charge in [-0.15, -0.1) is 5.06 Å². The molecule has 0 aliphatic carbocycles. The Balaban J connectivity index is 0.949. The number of nitrogens with one attached hydrogen (secondary N) is 6. The molecule has 3 aromatic rings. The molecule has 8 atom stereocenters. The van der Waals surface area contributed by atoms with E-state index < -0.39 is 137 Å². The molecule has 0 unspecified atom stereocenters. The van der Waals surface area contributed by atoms with E-state index in [4.69, 9.17) is 59.1 Å². The number of anilines is 1. The van der Waals surface area contributed by atoms with Crippen molar-refractivity contribution in [1.29, 1.82) is 0 Å². The second-order valence-electron chi connectivity index (χ2n) is 26.7. The molecule has 31 heteroatoms. The summed E-state index contributed by atoms with van der Waals surface area (Å²) in [7, 11) is 3.05. The van der Waals surface area contributed by atoms with Crippen molar-refractivity contribution in [2.45, 2.75) is 162 Å². The average molecular weight is 1480 g/mol. The van der Waals surface area contributed by atoms with E-state index in [1.54, 1.807) is 83.3 Å². The summed E-state index contributed by atoms with van der Waals surface area (Å²) in [5.41, 5.74) is 1.89. The summed E-state index contributed by atoms with van der Waals surface area (Å²) in [4.78, 5) is 164. The van der Waals surface area contributed by atoms with E-state index in [1.165, 1.54) is 25.0 Å². The predicted octanol–water partition coefficient (Wildman–Crippen LogP) is 5.44. The summed E-state index contributed by atoms with van der Waals surface area (Å²) in [5, 5.41) is 17.0. The van der Waals surface area contributed by atoms with Crippen LogP contribution in [-0.2, 0) is 115 Å². The maximum Gasteiger partial charge on any atom is 0.407 e. The van der Waals surface area contributed by atoms with Gasteiger partial charge in [-0.3, -0.25) is 43.2 Å². The van der Waals surface area contributed by atoms with Crippen LogP contribution in [0.3, 0.4) is 0 Å². The molecule has 570 valence electrons. The number of methoxy groups -OCH3 is 2. The maximum absolute atomic E-state index is 14.0. The minimum absolute atomic E-state index is 0.00774. The number of halogens is 1. The summed E-state index contributed by atoms with van der Waals surface area (Å²) < 4.78 is 50.2. The minimum Gasteiger partial charge on any atom is -0.495 e. The number of ether oxygens (including phenoxy) is 9. The van der Waals surface area contributed by atoms with Gasteiger partial charge in [0.1, 0.15) is 42.7 Å². The zero-order chi connectivity index (χ0) is 76.0. The number of esters is 2. The lowest BCUT2D eigenvalue weighted by molar-refractivity contribution is -0.197. The zero-order valence-corrected chi connectivity index (χ0v) is 61.4. The van der Waals surface area contributed by atoms with Gasteiger partial charge in [-0.25, -0.2) is 14.4 Å². The van der Waals surface area contributed by atoms with Gasteiger partial charge in [-0.05, 0) is 91.6 Å². The van der Waals surface area contributed by atoms with Crippen molar-refractivity contribution in [3.63, 3.8) is 0 Å². The Kier molecular flexibility index (Phi) is 33.9. The second kappa shape index (κ2) is 42.0. The van der Waals surface area contributed by atoms with Crippen molar-refractivity contribution < 1.29 is 105 Å². The van der Waals surface area contributed by atoms with Gasteiger partial charge in [0, 0.05) is 77.0 Å². The number of alkyl carbamates (subject to hydrolysis) is 1. The quantitative estimate of drug-likeness (QED) is 0.0138. The van der Waals surface area contributed by atoms with Crippen LogP contribution in [0.25, 0.3) is 0 Å². The first-order valence-corrected chi connectivity index (χ1v) is 35.1. The first-order chi connectivity index (χ1) is 49.5. The number of rotatable bonds is 37. The molecule has 0 saturated carbocycles. The van der Waals surface area contributed by atoms with Crippen LogP contribution in [0.1, 0.15) is 129 Å². The predicted molar refractivity (Wildman–Crippen MR) is 375 cm³/mol. The van der Waals surface area contributed by atoms with Gasteiger partial charge in [0.05, 0.1) is 82.7 Å². The number of nitrogens with zero attached hydrogens (tertiary/aromatic N) is 2. The number of hydroxylamine groups is 2. The number of amides is 9. The van der Waals surface area contributed by atoms with Crippen molar-refractivity contribution in [3.05, 3.63) is 106 Å². The number of carbonyl (C=O) groups excluding carboxylic acids is 12. The fourth-order valence-electron chi connectivity index (χ4n) is 10.7. The van der Waals surface area contributed by atoms with Gasteiger partial charge in [0.2, 0.25) is 35.4 Å². The Bertz CT molecular complexity index is 3450. The standard InChI is InChI=1S/C73H99ClN8O22/c1-44(2)38-57-70(92)101-55(12-11-13-58(83)79-54(40-50-18-23-56(96-10)53(74)39-50)68(90)76-43-73(7,8)71(93)102-57)46(5)65-66(103-65)51-19-14-48(15-20-51)41-75-72(94)100-42-49-16-21-52(22-17-49)78-67(89)47(6)77-69(91)64(45(3)4)80-59(84)26-29-81(30-27-63(88)104-82-61(86)24-25-62(82)87)60(85)28-31-97-34-35-99-37-36-98-33-32-95-9/h11,13-23,39,44-47,54-55,57,64-66H,12,24-38,40-43H2,1-10H3,(H,75,94)(H,76,90)(H,77,91)(H,78,89)(H,79,83)(H,80,84)/b13-11-/t46-,47-,54+,55-,57-,64-,65+,66+/m0/s1. The molecule has 3 aliphatic heterocycles. The van der Waals surface area contributed by atoms with Crippen LogP contribution in [0, 0.1) is 23.2 Å². The number of hydrogen-bond donors (Lipinski definition) is 6. The third-order valence-corrected chi connectivity index (χ3v) is 17.3. The average Bonchev–Trinajstić information content (AvgIpc) is 1.63. The molecule has 0 bridgehead atoms. The fourth-order valence-corrected chi connectivity index (χ4v) is 11.0. The van der Waals surface area contributed by atoms with Gasteiger partial charge >= 0.3 is 24.0 Å². The highest BCUT2D eigenvalue weighted by Gasteiger charge is 2.48. The zero-order valence-electron chi connectivity index (χ0n) is 60.7. The highest BCUT2D eigenvalue weighted by Crippen LogP contribution is 2.45. The molecule has 104 heavy (non-hydrogen) atoms. The lowest BCUT2D eigenvalue weighted by Gasteiger charge is -2.29. The molecule has 3 heterocycles. The Morgan fingerprint density at radius 2 is 1.38 bits per heavy atom. The van der Waals surface area contributed by atoms with Gasteiger partial charge in [-0.2, -0.15) is 0 Å². The van der Waals surface area contributed by atoms with Crippen LogP contribution in [-0.4, -0.2) is 198 Å². The van der Waals surface area contributed by atoms with E-state index in [0.29, 0.717) is 59.1 Å². The van der Waals surface area contributed by atoms with Crippen LogP contribution < -0.4 is 36.6 Å². The first-order valence-electron chi connectivity index (χ1n) is 34.8.